The summed E-state index contributed by atoms with van der Waals surface area (Å²) in [5.41, 5.74) is 1.66. The Morgan fingerprint density at radius 2 is 1.61 bits per heavy atom. The Morgan fingerprint density at radius 3 is 2.24 bits per heavy atom. The smallest absolute Gasteiger partial charge is 0.416 e. The zero-order chi connectivity index (χ0) is 23.8. The summed E-state index contributed by atoms with van der Waals surface area (Å²) >= 11 is 0. The zero-order valence-electron chi connectivity index (χ0n) is 18.1. The molecule has 0 atom stereocenters. The Balaban J connectivity index is 1.52. The Bertz CT molecular complexity index is 1110. The van der Waals surface area contributed by atoms with Crippen molar-refractivity contribution in [2.75, 3.05) is 13.7 Å². The third-order valence-corrected chi connectivity index (χ3v) is 4.76. The van der Waals surface area contributed by atoms with Crippen LogP contribution >= 0.6 is 0 Å². The molecule has 0 aromatic heterocycles. The zero-order valence-corrected chi connectivity index (χ0v) is 18.1. The number of para-hydroxylation sites is 1. The molecule has 3 aromatic rings. The van der Waals surface area contributed by atoms with Crippen molar-refractivity contribution in [3.8, 4) is 11.5 Å². The maximum Gasteiger partial charge on any atom is 0.416 e. The molecule has 5 nitrogen and oxygen atoms in total. The summed E-state index contributed by atoms with van der Waals surface area (Å²) in [6.45, 7) is 1.65. The number of rotatable bonds is 9. The fourth-order valence-electron chi connectivity index (χ4n) is 2.94. The molecule has 0 aliphatic heterocycles. The molecular formula is C25H22F3NO4. The minimum Gasteiger partial charge on any atom is -0.496 e. The number of methoxy groups -OCH3 is 1. The maximum absolute atomic E-state index is 12.6. The second-order valence-electron chi connectivity index (χ2n) is 7.08. The minimum absolute atomic E-state index is 0.0434. The van der Waals surface area contributed by atoms with Gasteiger partial charge in [0.1, 0.15) is 18.1 Å². The molecule has 0 amide bonds. The number of benzene rings is 3. The van der Waals surface area contributed by atoms with Gasteiger partial charge in [-0.1, -0.05) is 29.4 Å². The van der Waals surface area contributed by atoms with Crippen molar-refractivity contribution in [3.05, 3.63) is 95.1 Å². The number of alkyl halides is 3. The lowest BCUT2D eigenvalue weighted by atomic mass is 10.1. The average Bonchev–Trinajstić information content (AvgIpc) is 2.82. The summed E-state index contributed by atoms with van der Waals surface area (Å²) in [6.07, 6.45) is -4.37. The predicted octanol–water partition coefficient (Wildman–Crippen LogP) is 5.92. The van der Waals surface area contributed by atoms with Crippen LogP contribution in [0, 0.1) is 0 Å². The fourth-order valence-corrected chi connectivity index (χ4v) is 2.94. The van der Waals surface area contributed by atoms with Crippen LogP contribution in [0.5, 0.6) is 11.5 Å². The van der Waals surface area contributed by atoms with E-state index in [1.807, 2.05) is 0 Å². The van der Waals surface area contributed by atoms with E-state index in [-0.39, 0.29) is 19.0 Å². The number of nitrogens with zero attached hydrogens (tertiary/aromatic N) is 1. The monoisotopic (exact) mass is 457 g/mol. The number of carbonyl (C=O) groups excluding carboxylic acids is 1. The molecule has 0 saturated heterocycles. The number of hydrogen-bond acceptors (Lipinski definition) is 5. The first-order valence-electron chi connectivity index (χ1n) is 10.00. The molecule has 0 heterocycles. The lowest BCUT2D eigenvalue weighted by molar-refractivity contribution is -0.137. The second kappa shape index (κ2) is 10.7. The van der Waals surface area contributed by atoms with Crippen molar-refractivity contribution in [1.82, 2.24) is 0 Å². The molecule has 3 rings (SSSR count). The highest BCUT2D eigenvalue weighted by Crippen LogP contribution is 2.29. The van der Waals surface area contributed by atoms with Gasteiger partial charge >= 0.3 is 6.18 Å². The van der Waals surface area contributed by atoms with Gasteiger partial charge in [-0.15, -0.1) is 0 Å². The van der Waals surface area contributed by atoms with Crippen molar-refractivity contribution < 1.29 is 32.3 Å². The van der Waals surface area contributed by atoms with Crippen LogP contribution in [0.4, 0.5) is 13.2 Å². The molecule has 3 aromatic carbocycles. The minimum atomic E-state index is -4.37. The first kappa shape index (κ1) is 23.8. The molecule has 0 saturated carbocycles. The summed E-state index contributed by atoms with van der Waals surface area (Å²) in [5.74, 6) is 0.802. The molecule has 0 radical (unpaired) electrons. The first-order chi connectivity index (χ1) is 15.8. The molecule has 0 aliphatic carbocycles. The predicted molar refractivity (Wildman–Crippen MR) is 118 cm³/mol. The van der Waals surface area contributed by atoms with Gasteiger partial charge in [-0.05, 0) is 66.6 Å². The Morgan fingerprint density at radius 1 is 0.939 bits per heavy atom. The lowest BCUT2D eigenvalue weighted by Crippen LogP contribution is -2.12. The molecule has 0 fully saturated rings. The van der Waals surface area contributed by atoms with Crippen LogP contribution in [-0.2, 0) is 17.6 Å². The number of oxime groups is 1. The van der Waals surface area contributed by atoms with Gasteiger partial charge in [0.25, 0.3) is 0 Å². The van der Waals surface area contributed by atoms with Gasteiger partial charge in [0.15, 0.2) is 6.61 Å². The summed E-state index contributed by atoms with van der Waals surface area (Å²) in [6, 6.07) is 18.6. The van der Waals surface area contributed by atoms with E-state index in [0.29, 0.717) is 28.3 Å². The van der Waals surface area contributed by atoms with Gasteiger partial charge in [-0.2, -0.15) is 13.2 Å². The molecule has 33 heavy (non-hydrogen) atoms. The number of ketones is 1. The van der Waals surface area contributed by atoms with Crippen LogP contribution in [0.25, 0.3) is 0 Å². The van der Waals surface area contributed by atoms with Gasteiger partial charge in [0.05, 0.1) is 23.9 Å². The summed E-state index contributed by atoms with van der Waals surface area (Å²) < 4.78 is 48.6. The topological polar surface area (TPSA) is 57.1 Å². The molecule has 0 unspecified atom stereocenters. The van der Waals surface area contributed by atoms with E-state index >= 15 is 0 Å². The van der Waals surface area contributed by atoms with Crippen molar-refractivity contribution in [2.45, 2.75) is 19.7 Å². The lowest BCUT2D eigenvalue weighted by Gasteiger charge is -2.09. The molecule has 0 aliphatic rings. The van der Waals surface area contributed by atoms with Crippen LogP contribution in [0.2, 0.25) is 0 Å². The molecule has 8 heteroatoms. The van der Waals surface area contributed by atoms with Gasteiger partial charge in [0.2, 0.25) is 5.78 Å². The third-order valence-electron chi connectivity index (χ3n) is 4.76. The van der Waals surface area contributed by atoms with E-state index in [1.54, 1.807) is 55.5 Å². The largest absolute Gasteiger partial charge is 0.496 e. The standard InChI is InChI=1S/C25H22F3NO4/c1-17(29-33-15-18-7-11-20(12-8-18)25(26,27)28)19-9-13-21(14-10-19)32-16-23(30)22-5-3-4-6-24(22)31-2/h3-14H,15-16H2,1-2H3. The highest BCUT2D eigenvalue weighted by molar-refractivity contribution is 6.00. The highest BCUT2D eigenvalue weighted by atomic mass is 19.4. The van der Waals surface area contributed by atoms with Crippen LogP contribution in [-0.4, -0.2) is 25.2 Å². The van der Waals surface area contributed by atoms with Gasteiger partial charge < -0.3 is 14.3 Å². The molecule has 0 bridgehead atoms. The Labute approximate surface area is 189 Å². The normalized spacial score (nSPS) is 11.7. The van der Waals surface area contributed by atoms with Crippen LogP contribution < -0.4 is 9.47 Å². The Kier molecular flexibility index (Phi) is 7.71. The quantitative estimate of drug-likeness (QED) is 0.228. The molecule has 172 valence electrons. The summed E-state index contributed by atoms with van der Waals surface area (Å²) in [5, 5.41) is 4.01. The van der Waals surface area contributed by atoms with Crippen molar-refractivity contribution in [1.29, 1.82) is 0 Å². The number of hydrogen-bond donors (Lipinski definition) is 0. The maximum atomic E-state index is 12.6. The van der Waals surface area contributed by atoms with Crippen LogP contribution in [0.3, 0.4) is 0 Å². The van der Waals surface area contributed by atoms with E-state index in [2.05, 4.69) is 5.16 Å². The van der Waals surface area contributed by atoms with Gasteiger partial charge in [0, 0.05) is 0 Å². The van der Waals surface area contributed by atoms with Crippen molar-refractivity contribution in [2.24, 2.45) is 5.16 Å². The van der Waals surface area contributed by atoms with E-state index in [9.17, 15) is 18.0 Å². The van der Waals surface area contributed by atoms with E-state index in [4.69, 9.17) is 14.3 Å². The number of carbonyl (C=O) groups is 1. The SMILES string of the molecule is COc1ccccc1C(=O)COc1ccc(C(C)=NOCc2ccc(C(F)(F)F)cc2)cc1. The Hall–Kier alpha value is -3.81. The molecular weight excluding hydrogens is 435 g/mol. The summed E-state index contributed by atoms with van der Waals surface area (Å²) in [7, 11) is 1.50. The van der Waals surface area contributed by atoms with Crippen LogP contribution in [0.15, 0.2) is 78.0 Å². The van der Waals surface area contributed by atoms with Crippen LogP contribution in [0.1, 0.15) is 34.0 Å². The van der Waals surface area contributed by atoms with Crippen molar-refractivity contribution >= 4 is 11.5 Å². The highest BCUT2D eigenvalue weighted by Gasteiger charge is 2.29. The average molecular weight is 457 g/mol. The van der Waals surface area contributed by atoms with E-state index in [0.717, 1.165) is 17.7 Å². The van der Waals surface area contributed by atoms with E-state index < -0.39 is 11.7 Å². The van der Waals surface area contributed by atoms with Gasteiger partial charge in [-0.25, -0.2) is 0 Å². The number of ether oxygens (including phenoxy) is 2. The molecule has 0 spiro atoms. The van der Waals surface area contributed by atoms with Crippen molar-refractivity contribution in [3.63, 3.8) is 0 Å². The van der Waals surface area contributed by atoms with Gasteiger partial charge in [-0.3, -0.25) is 4.79 Å². The van der Waals surface area contributed by atoms with E-state index in [1.165, 1.54) is 19.2 Å². The number of halogens is 3. The fraction of sp³-hybridized carbons (Fsp3) is 0.200. The second-order valence-corrected chi connectivity index (χ2v) is 7.08. The summed E-state index contributed by atoms with van der Waals surface area (Å²) in [4.78, 5) is 17.6. The first-order valence-corrected chi connectivity index (χ1v) is 10.00. The number of Topliss-reactive ketones (excluding diaryl/α,β-unsaturated/α-hetero) is 1. The molecule has 0 N–H and O–H groups in total. The third kappa shape index (κ3) is 6.58.